The van der Waals surface area contributed by atoms with Crippen LogP contribution in [-0.4, -0.2) is 15.3 Å². The molecule has 2 aromatic heterocycles. The molecule has 5 rings (SSSR count). The Labute approximate surface area is 218 Å². The molecular weight excluding hydrogens is 487 g/mol. The molecule has 0 aliphatic heterocycles. The topological polar surface area (TPSA) is 46.4 Å². The summed E-state index contributed by atoms with van der Waals surface area (Å²) in [6.45, 7) is 1.92. The normalized spacial score (nSPS) is 12.6. The van der Waals surface area contributed by atoms with E-state index in [-0.39, 0.29) is 12.3 Å². The van der Waals surface area contributed by atoms with Crippen molar-refractivity contribution in [2.75, 3.05) is 0 Å². The first-order valence-electron chi connectivity index (χ1n) is 12.3. The molecule has 1 atom stereocenters. The number of nitrogens with one attached hydrogen (secondary N) is 1. The molecule has 2 heterocycles. The summed E-state index contributed by atoms with van der Waals surface area (Å²) in [5.74, 6) is -0.936. The first-order chi connectivity index (χ1) is 18.3. The van der Waals surface area contributed by atoms with E-state index in [0.717, 1.165) is 28.8 Å². The van der Waals surface area contributed by atoms with Gasteiger partial charge in [0.2, 0.25) is 5.91 Å². The van der Waals surface area contributed by atoms with Gasteiger partial charge in [-0.2, -0.15) is 13.2 Å². The SMILES string of the molecule is Cc1cccn2c(C(CC(=O)NC(c3ccccc3)c3ccccc3)c3cccc(C(F)(F)F)c3)cnc12. The third-order valence-corrected chi connectivity index (χ3v) is 6.69. The number of alkyl halides is 3. The van der Waals surface area contributed by atoms with Gasteiger partial charge in [0.1, 0.15) is 5.65 Å². The van der Waals surface area contributed by atoms with Gasteiger partial charge in [0.25, 0.3) is 0 Å². The van der Waals surface area contributed by atoms with Crippen LogP contribution in [0.5, 0.6) is 0 Å². The van der Waals surface area contributed by atoms with Gasteiger partial charge in [0, 0.05) is 24.7 Å². The summed E-state index contributed by atoms with van der Waals surface area (Å²) >= 11 is 0. The predicted molar refractivity (Wildman–Crippen MR) is 141 cm³/mol. The van der Waals surface area contributed by atoms with Crippen LogP contribution in [0.15, 0.2) is 109 Å². The molecule has 1 amide bonds. The summed E-state index contributed by atoms with van der Waals surface area (Å²) in [5, 5.41) is 3.13. The highest BCUT2D eigenvalue weighted by Gasteiger charge is 2.32. The number of halogens is 3. The molecule has 0 radical (unpaired) electrons. The van der Waals surface area contributed by atoms with Gasteiger partial charge in [0.15, 0.2) is 0 Å². The van der Waals surface area contributed by atoms with Crippen LogP contribution in [0.3, 0.4) is 0 Å². The smallest absolute Gasteiger partial charge is 0.345 e. The lowest BCUT2D eigenvalue weighted by Crippen LogP contribution is -2.30. The first kappa shape index (κ1) is 25.3. The Kier molecular flexibility index (Phi) is 7.01. The second-order valence-electron chi connectivity index (χ2n) is 9.27. The van der Waals surface area contributed by atoms with Crippen molar-refractivity contribution in [3.63, 3.8) is 0 Å². The van der Waals surface area contributed by atoms with E-state index in [1.165, 1.54) is 6.07 Å². The van der Waals surface area contributed by atoms with Gasteiger partial charge >= 0.3 is 6.18 Å². The summed E-state index contributed by atoms with van der Waals surface area (Å²) < 4.78 is 42.6. The van der Waals surface area contributed by atoms with Gasteiger partial charge in [-0.1, -0.05) is 84.9 Å². The Bertz CT molecular complexity index is 1510. The van der Waals surface area contributed by atoms with Crippen molar-refractivity contribution < 1.29 is 18.0 Å². The number of aromatic nitrogens is 2. The maximum Gasteiger partial charge on any atom is 0.416 e. The molecule has 1 unspecified atom stereocenters. The molecule has 192 valence electrons. The van der Waals surface area contributed by atoms with Crippen LogP contribution >= 0.6 is 0 Å². The summed E-state index contributed by atoms with van der Waals surface area (Å²) in [5.41, 5.74) is 3.74. The van der Waals surface area contributed by atoms with Gasteiger partial charge in [-0.25, -0.2) is 4.98 Å². The molecule has 0 aliphatic rings. The first-order valence-corrected chi connectivity index (χ1v) is 12.3. The Hall–Kier alpha value is -4.39. The van der Waals surface area contributed by atoms with Crippen molar-refractivity contribution in [2.24, 2.45) is 0 Å². The van der Waals surface area contributed by atoms with E-state index in [1.807, 2.05) is 90.3 Å². The van der Waals surface area contributed by atoms with Crippen molar-refractivity contribution in [3.05, 3.63) is 143 Å². The van der Waals surface area contributed by atoms with Crippen LogP contribution in [0.1, 0.15) is 51.9 Å². The lowest BCUT2D eigenvalue weighted by atomic mass is 9.90. The number of carbonyl (C=O) groups is 1. The fourth-order valence-electron chi connectivity index (χ4n) is 4.81. The van der Waals surface area contributed by atoms with Gasteiger partial charge in [-0.15, -0.1) is 0 Å². The van der Waals surface area contributed by atoms with E-state index in [4.69, 9.17) is 0 Å². The van der Waals surface area contributed by atoms with Crippen LogP contribution < -0.4 is 5.32 Å². The van der Waals surface area contributed by atoms with Crippen molar-refractivity contribution in [1.82, 2.24) is 14.7 Å². The minimum Gasteiger partial charge on any atom is -0.345 e. The van der Waals surface area contributed by atoms with Gasteiger partial charge < -0.3 is 9.72 Å². The number of rotatable bonds is 7. The number of hydrogen-bond donors (Lipinski definition) is 1. The highest BCUT2D eigenvalue weighted by atomic mass is 19.4. The molecule has 0 bridgehead atoms. The second-order valence-corrected chi connectivity index (χ2v) is 9.27. The van der Waals surface area contributed by atoms with E-state index < -0.39 is 23.7 Å². The average Bonchev–Trinajstić information content (AvgIpc) is 3.36. The van der Waals surface area contributed by atoms with E-state index in [9.17, 15) is 18.0 Å². The summed E-state index contributed by atoms with van der Waals surface area (Å²) in [4.78, 5) is 18.1. The molecule has 4 nitrogen and oxygen atoms in total. The Morgan fingerprint density at radius 3 is 2.13 bits per heavy atom. The van der Waals surface area contributed by atoms with Gasteiger partial charge in [-0.05, 0) is 41.3 Å². The van der Waals surface area contributed by atoms with Crippen LogP contribution in [-0.2, 0) is 11.0 Å². The molecular formula is C31H26F3N3O. The Morgan fingerprint density at radius 2 is 1.50 bits per heavy atom. The molecule has 1 N–H and O–H groups in total. The molecule has 0 saturated carbocycles. The van der Waals surface area contributed by atoms with E-state index in [0.29, 0.717) is 16.9 Å². The molecule has 3 aromatic carbocycles. The molecule has 0 aliphatic carbocycles. The number of hydrogen-bond acceptors (Lipinski definition) is 2. The number of pyridine rings is 1. The third kappa shape index (κ3) is 5.32. The molecule has 5 aromatic rings. The predicted octanol–water partition coefficient (Wildman–Crippen LogP) is 7.09. The van der Waals surface area contributed by atoms with Gasteiger partial charge in [0.05, 0.1) is 17.3 Å². The fourth-order valence-corrected chi connectivity index (χ4v) is 4.81. The van der Waals surface area contributed by atoms with Gasteiger partial charge in [-0.3, -0.25) is 4.79 Å². The van der Waals surface area contributed by atoms with Crippen LogP contribution in [0.4, 0.5) is 13.2 Å². The number of carbonyl (C=O) groups excluding carboxylic acids is 1. The standard InChI is InChI=1S/C31H26F3N3O/c1-21-10-9-17-37-27(20-35-30(21)37)26(24-15-8-16-25(18-24)31(32,33)34)19-28(38)36-29(22-11-4-2-5-12-22)23-13-6-3-7-14-23/h2-18,20,26,29H,19H2,1H3,(H,36,38). The summed E-state index contributed by atoms with van der Waals surface area (Å²) in [7, 11) is 0. The van der Waals surface area contributed by atoms with Crippen LogP contribution in [0.2, 0.25) is 0 Å². The van der Waals surface area contributed by atoms with Crippen molar-refractivity contribution in [3.8, 4) is 0 Å². The van der Waals surface area contributed by atoms with Crippen LogP contribution in [0, 0.1) is 6.92 Å². The molecule has 7 heteroatoms. The lowest BCUT2D eigenvalue weighted by Gasteiger charge is -2.23. The van der Waals surface area contributed by atoms with E-state index in [2.05, 4.69) is 10.3 Å². The monoisotopic (exact) mass is 513 g/mol. The zero-order chi connectivity index (χ0) is 26.7. The molecule has 0 spiro atoms. The van der Waals surface area contributed by atoms with E-state index in [1.54, 1.807) is 12.3 Å². The summed E-state index contributed by atoms with van der Waals surface area (Å²) in [6.07, 6.45) is -1.09. The van der Waals surface area contributed by atoms with Crippen molar-refractivity contribution in [2.45, 2.75) is 31.5 Å². The number of amides is 1. The minimum atomic E-state index is -4.50. The highest BCUT2D eigenvalue weighted by molar-refractivity contribution is 5.78. The average molecular weight is 514 g/mol. The minimum absolute atomic E-state index is 0.0563. The van der Waals surface area contributed by atoms with E-state index >= 15 is 0 Å². The maximum atomic E-state index is 13.6. The highest BCUT2D eigenvalue weighted by Crippen LogP contribution is 2.35. The summed E-state index contributed by atoms with van der Waals surface area (Å²) in [6, 6.07) is 27.8. The molecule has 38 heavy (non-hydrogen) atoms. The van der Waals surface area contributed by atoms with Crippen molar-refractivity contribution >= 4 is 11.6 Å². The lowest BCUT2D eigenvalue weighted by molar-refractivity contribution is -0.137. The number of aryl methyl sites for hydroxylation is 1. The largest absolute Gasteiger partial charge is 0.416 e. The van der Waals surface area contributed by atoms with Crippen LogP contribution in [0.25, 0.3) is 5.65 Å². The number of fused-ring (bicyclic) bond motifs is 1. The number of nitrogens with zero attached hydrogens (tertiary/aromatic N) is 2. The number of benzene rings is 3. The quantitative estimate of drug-likeness (QED) is 0.253. The number of imidazole rings is 1. The maximum absolute atomic E-state index is 13.6. The Balaban J connectivity index is 1.53. The van der Waals surface area contributed by atoms with Crippen molar-refractivity contribution in [1.29, 1.82) is 0 Å². The zero-order valence-corrected chi connectivity index (χ0v) is 20.7. The molecule has 0 saturated heterocycles. The Morgan fingerprint density at radius 1 is 0.868 bits per heavy atom. The molecule has 0 fully saturated rings. The third-order valence-electron chi connectivity index (χ3n) is 6.69. The second kappa shape index (κ2) is 10.5. The zero-order valence-electron chi connectivity index (χ0n) is 20.7. The fraction of sp³-hybridized carbons (Fsp3) is 0.161.